The first kappa shape index (κ1) is 26.8. The molecule has 11 nitrogen and oxygen atoms in total. The van der Waals surface area contributed by atoms with E-state index in [2.05, 4.69) is 25.7 Å². The van der Waals surface area contributed by atoms with E-state index in [1.165, 1.54) is 24.7 Å². The van der Waals surface area contributed by atoms with E-state index in [1.807, 2.05) is 26.8 Å². The maximum absolute atomic E-state index is 13.0. The average molecular weight is 537 g/mol. The maximum Gasteiger partial charge on any atom is 0.319 e. The smallest absolute Gasteiger partial charge is 0.319 e. The number of hydrogen-bond acceptors (Lipinski definition) is 10. The zero-order valence-electron chi connectivity index (χ0n) is 21.4. The molecule has 0 fully saturated rings. The molecule has 1 aromatic carbocycles. The van der Waals surface area contributed by atoms with Gasteiger partial charge in [0.2, 0.25) is 5.91 Å². The van der Waals surface area contributed by atoms with Gasteiger partial charge in [-0.3, -0.25) is 19.7 Å². The van der Waals surface area contributed by atoms with Crippen LogP contribution in [0.5, 0.6) is 0 Å². The van der Waals surface area contributed by atoms with E-state index in [-0.39, 0.29) is 30.6 Å². The Bertz CT molecular complexity index is 1490. The fourth-order valence-electron chi connectivity index (χ4n) is 3.61. The van der Waals surface area contributed by atoms with Crippen molar-refractivity contribution in [3.8, 4) is 22.8 Å². The Morgan fingerprint density at radius 2 is 1.89 bits per heavy atom. The van der Waals surface area contributed by atoms with Crippen molar-refractivity contribution in [3.63, 3.8) is 0 Å². The maximum atomic E-state index is 13.0. The summed E-state index contributed by atoms with van der Waals surface area (Å²) >= 11 is 1.18. The number of nitrogen functional groups attached to an aromatic ring is 1. The minimum Gasteiger partial charge on any atom is -0.468 e. The summed E-state index contributed by atoms with van der Waals surface area (Å²) in [6.45, 7) is 5.50. The Labute approximate surface area is 222 Å². The number of methoxy groups -OCH3 is 1. The van der Waals surface area contributed by atoms with Crippen molar-refractivity contribution in [2.24, 2.45) is 0 Å². The lowest BCUT2D eigenvalue weighted by Crippen LogP contribution is -2.40. The molecule has 2 amide bonds. The number of nitrogens with two attached hydrogens (primary N) is 1. The van der Waals surface area contributed by atoms with Crippen LogP contribution in [0.4, 0.5) is 11.4 Å². The van der Waals surface area contributed by atoms with Crippen molar-refractivity contribution < 1.29 is 23.5 Å². The molecule has 0 bridgehead atoms. The number of aromatic nitrogens is 2. The lowest BCUT2D eigenvalue weighted by Gasteiger charge is -2.20. The quantitative estimate of drug-likeness (QED) is 0.247. The molecule has 0 aliphatic heterocycles. The molecular weight excluding hydrogens is 508 g/mol. The molecule has 3 aromatic heterocycles. The van der Waals surface area contributed by atoms with E-state index in [9.17, 15) is 14.4 Å². The summed E-state index contributed by atoms with van der Waals surface area (Å²) < 4.78 is 10.1. The number of carbonyl (C=O) groups is 3. The van der Waals surface area contributed by atoms with E-state index in [1.54, 1.807) is 30.3 Å². The van der Waals surface area contributed by atoms with Crippen LogP contribution in [-0.4, -0.2) is 53.5 Å². The van der Waals surface area contributed by atoms with E-state index in [4.69, 9.17) is 15.1 Å². The predicted octanol–water partition coefficient (Wildman–Crippen LogP) is 3.43. The highest BCUT2D eigenvalue weighted by Gasteiger charge is 2.25. The summed E-state index contributed by atoms with van der Waals surface area (Å²) in [5, 5.41) is 8.98. The summed E-state index contributed by atoms with van der Waals surface area (Å²) in [6, 6.07) is 10.5. The molecule has 3 heterocycles. The number of thiophene rings is 1. The number of carbonyl (C=O) groups excluding carboxylic acids is 3. The summed E-state index contributed by atoms with van der Waals surface area (Å²) in [5.74, 6) is -0.316. The fourth-order valence-corrected chi connectivity index (χ4v) is 4.60. The molecule has 0 aliphatic carbocycles. The number of nitrogens with one attached hydrogen (secondary N) is 3. The Kier molecular flexibility index (Phi) is 7.74. The van der Waals surface area contributed by atoms with Crippen LogP contribution in [-0.2, 0) is 14.3 Å². The van der Waals surface area contributed by atoms with Crippen LogP contribution in [0.1, 0.15) is 30.4 Å². The molecule has 0 aliphatic rings. The van der Waals surface area contributed by atoms with Gasteiger partial charge in [0.1, 0.15) is 9.71 Å². The third kappa shape index (κ3) is 6.15. The Hall–Kier alpha value is -4.29. The van der Waals surface area contributed by atoms with Gasteiger partial charge >= 0.3 is 5.97 Å². The van der Waals surface area contributed by atoms with E-state index < -0.39 is 11.5 Å². The number of hydrogen-bond donors (Lipinski definition) is 4. The van der Waals surface area contributed by atoms with Crippen LogP contribution in [0.2, 0.25) is 0 Å². The third-order valence-corrected chi connectivity index (χ3v) is 6.33. The molecule has 38 heavy (non-hydrogen) atoms. The minimum atomic E-state index is -0.469. The molecule has 12 heteroatoms. The van der Waals surface area contributed by atoms with E-state index in [0.29, 0.717) is 43.6 Å². The van der Waals surface area contributed by atoms with Crippen molar-refractivity contribution in [1.29, 1.82) is 0 Å². The SMILES string of the molecule is COC(=O)CNCC(=O)Nc1cccc(-c2nc(-c3ccco3)nc3sc(C(=O)NC(C)(C)C)c(N)c23)c1. The van der Waals surface area contributed by atoms with Gasteiger partial charge in [0.25, 0.3) is 5.91 Å². The molecule has 0 radical (unpaired) electrons. The number of amides is 2. The number of esters is 1. The first-order valence-electron chi connectivity index (χ1n) is 11.7. The van der Waals surface area contributed by atoms with Crippen LogP contribution in [0.15, 0.2) is 47.1 Å². The van der Waals surface area contributed by atoms with Gasteiger partial charge in [0, 0.05) is 16.8 Å². The highest BCUT2D eigenvalue weighted by Crippen LogP contribution is 2.40. The highest BCUT2D eigenvalue weighted by molar-refractivity contribution is 7.21. The molecule has 198 valence electrons. The highest BCUT2D eigenvalue weighted by atomic mass is 32.1. The van der Waals surface area contributed by atoms with Crippen LogP contribution < -0.4 is 21.7 Å². The largest absolute Gasteiger partial charge is 0.468 e. The number of benzene rings is 1. The second-order valence-electron chi connectivity index (χ2n) is 9.41. The molecule has 4 rings (SSSR count). The first-order chi connectivity index (χ1) is 18.1. The molecule has 5 N–H and O–H groups in total. The molecule has 0 unspecified atom stereocenters. The number of furan rings is 1. The Morgan fingerprint density at radius 1 is 1.11 bits per heavy atom. The topological polar surface area (TPSA) is 161 Å². The average Bonchev–Trinajstić information content (AvgIpc) is 3.51. The Balaban J connectivity index is 1.73. The number of fused-ring (bicyclic) bond motifs is 1. The molecule has 0 saturated heterocycles. The summed E-state index contributed by atoms with van der Waals surface area (Å²) in [4.78, 5) is 46.8. The van der Waals surface area contributed by atoms with Crippen molar-refractivity contribution in [3.05, 3.63) is 47.5 Å². The predicted molar refractivity (Wildman–Crippen MR) is 146 cm³/mol. The zero-order chi connectivity index (χ0) is 27.4. The fraction of sp³-hybridized carbons (Fsp3) is 0.269. The first-order valence-corrected chi connectivity index (χ1v) is 12.5. The second-order valence-corrected chi connectivity index (χ2v) is 10.4. The number of nitrogens with zero attached hydrogens (tertiary/aromatic N) is 2. The van der Waals surface area contributed by atoms with Crippen molar-refractivity contribution >= 4 is 50.7 Å². The zero-order valence-corrected chi connectivity index (χ0v) is 22.2. The van der Waals surface area contributed by atoms with Crippen molar-refractivity contribution in [2.75, 3.05) is 31.2 Å². The number of anilines is 2. The number of rotatable bonds is 8. The molecule has 4 aromatic rings. The van der Waals surface area contributed by atoms with Gasteiger partial charge in [-0.15, -0.1) is 11.3 Å². The van der Waals surface area contributed by atoms with Gasteiger partial charge in [0.05, 0.1) is 43.2 Å². The monoisotopic (exact) mass is 536 g/mol. The Morgan fingerprint density at radius 3 is 2.58 bits per heavy atom. The number of ether oxygens (including phenoxy) is 1. The van der Waals surface area contributed by atoms with Gasteiger partial charge in [0.15, 0.2) is 11.6 Å². The van der Waals surface area contributed by atoms with Gasteiger partial charge in [-0.05, 0) is 45.0 Å². The molecule has 0 saturated carbocycles. The lowest BCUT2D eigenvalue weighted by atomic mass is 10.1. The standard InChI is InChI=1S/C26H28N6O5S/c1-26(2,3)32-24(35)22-20(27)19-21(30-23(31-25(19)38-22)16-9-6-10-37-16)14-7-5-8-15(11-14)29-17(33)12-28-13-18(34)36-4/h5-11,28H,12-13,27H2,1-4H3,(H,29,33)(H,32,35). The normalized spacial score (nSPS) is 11.4. The summed E-state index contributed by atoms with van der Waals surface area (Å²) in [5.41, 5.74) is 7.98. The van der Waals surface area contributed by atoms with Gasteiger partial charge < -0.3 is 25.5 Å². The van der Waals surface area contributed by atoms with Gasteiger partial charge in [-0.1, -0.05) is 12.1 Å². The lowest BCUT2D eigenvalue weighted by molar-refractivity contribution is -0.139. The van der Waals surface area contributed by atoms with Crippen LogP contribution in [0.3, 0.4) is 0 Å². The van der Waals surface area contributed by atoms with Crippen molar-refractivity contribution in [1.82, 2.24) is 20.6 Å². The molecule has 0 spiro atoms. The van der Waals surface area contributed by atoms with Crippen LogP contribution in [0.25, 0.3) is 33.1 Å². The summed E-state index contributed by atoms with van der Waals surface area (Å²) in [7, 11) is 1.27. The summed E-state index contributed by atoms with van der Waals surface area (Å²) in [6.07, 6.45) is 1.53. The second kappa shape index (κ2) is 11.0. The van der Waals surface area contributed by atoms with E-state index in [0.717, 1.165) is 0 Å². The van der Waals surface area contributed by atoms with Crippen LogP contribution in [0, 0.1) is 0 Å². The van der Waals surface area contributed by atoms with Crippen molar-refractivity contribution in [2.45, 2.75) is 26.3 Å². The van der Waals surface area contributed by atoms with E-state index >= 15 is 0 Å². The molecular formula is C26H28N6O5S. The van der Waals surface area contributed by atoms with Gasteiger partial charge in [-0.25, -0.2) is 9.97 Å². The minimum absolute atomic E-state index is 0.0799. The third-order valence-electron chi connectivity index (χ3n) is 5.23. The van der Waals surface area contributed by atoms with Crippen LogP contribution >= 0.6 is 11.3 Å². The van der Waals surface area contributed by atoms with Gasteiger partial charge in [-0.2, -0.15) is 0 Å². The molecule has 0 atom stereocenters.